The molecule has 6 aromatic carbocycles. The average Bonchev–Trinajstić information content (AvgIpc) is 1.72. The van der Waals surface area contributed by atoms with Crippen LogP contribution >= 0.6 is 0 Å². The Morgan fingerprint density at radius 1 is 0.333 bits per heavy atom. The molecule has 6 aliphatic rings. The van der Waals surface area contributed by atoms with Crippen molar-refractivity contribution < 1.29 is 76.4 Å². The maximum atomic E-state index is 9.75. The number of allylic oxidation sites excluding steroid dienone is 3. The summed E-state index contributed by atoms with van der Waals surface area (Å²) in [5.74, 6) is 4.19. The molecule has 9 heteroatoms. The van der Waals surface area contributed by atoms with Crippen molar-refractivity contribution in [1.29, 1.82) is 0 Å². The Morgan fingerprint density at radius 2 is 0.548 bits per heavy atom. The summed E-state index contributed by atoms with van der Waals surface area (Å²) in [5, 5.41) is 38.6. The minimum Gasteiger partial charge on any atom is -0.508 e. The Kier molecular flexibility index (Phi) is 39.4. The van der Waals surface area contributed by atoms with E-state index in [4.69, 9.17) is 4.74 Å². The van der Waals surface area contributed by atoms with Gasteiger partial charge in [-0.05, 0) is 214 Å². The number of aromatic hydroxyl groups is 4. The van der Waals surface area contributed by atoms with Crippen LogP contribution in [-0.4, -0.2) is 52.6 Å². The molecule has 0 aromatic heterocycles. The molecule has 0 unspecified atom stereocenters. The third-order valence-corrected chi connectivity index (χ3v) is 19.5. The summed E-state index contributed by atoms with van der Waals surface area (Å²) in [6.45, 7) is 10.7. The van der Waals surface area contributed by atoms with Gasteiger partial charge in [0.25, 0.3) is 0 Å². The van der Waals surface area contributed by atoms with Gasteiger partial charge in [-0.15, -0.1) is 0 Å². The molecule has 0 heterocycles. The fourth-order valence-corrected chi connectivity index (χ4v) is 14.6. The Hall–Kier alpha value is -4.94. The second-order valence-corrected chi connectivity index (χ2v) is 26.6. The van der Waals surface area contributed by atoms with E-state index >= 15 is 0 Å². The first-order valence-electron chi connectivity index (χ1n) is 35.8. The van der Waals surface area contributed by atoms with Crippen LogP contribution < -0.4 is 4.74 Å². The van der Waals surface area contributed by atoms with Crippen LogP contribution in [0.25, 0.3) is 16.7 Å². The monoisotopic (exact) mass is 1390 g/mol. The molecule has 0 spiro atoms. The SMILES string of the molecule is C1CCCC1.C1CCCC1.C1CCCC1.CC/C(=C(\c1ccc(C)cc1)c1ccc(O)cc1)C1CCCC1.CC/C(=C(\c1ccc(O)cc1)c1ccc(OCCCN(C)C)cc1)C1CCCC1.CCC(=C(c1ccc(O)cc1)c1ccc(O)cc1)C1CCCC1.[Fe].[Fe].[Fe]. The molecule has 0 radical (unpaired) electrons. The van der Waals surface area contributed by atoms with E-state index in [0.717, 1.165) is 55.7 Å². The molecule has 6 saturated carbocycles. The van der Waals surface area contributed by atoms with Crippen LogP contribution in [0.4, 0.5) is 0 Å². The molecular weight excluding hydrogens is 1270 g/mol. The summed E-state index contributed by atoms with van der Waals surface area (Å²) in [4.78, 5) is 2.18. The number of hydrogen-bond donors (Lipinski definition) is 4. The van der Waals surface area contributed by atoms with Crippen molar-refractivity contribution >= 4 is 16.7 Å². The van der Waals surface area contributed by atoms with Crippen molar-refractivity contribution in [2.45, 2.75) is 227 Å². The normalized spacial score (nSPS) is 16.5. The maximum Gasteiger partial charge on any atom is 0.119 e. The topological polar surface area (TPSA) is 93.4 Å². The predicted octanol–water partition coefficient (Wildman–Crippen LogP) is 23.6. The van der Waals surface area contributed by atoms with Crippen molar-refractivity contribution in [2.75, 3.05) is 27.2 Å². The minimum absolute atomic E-state index is 0. The molecule has 0 bridgehead atoms. The van der Waals surface area contributed by atoms with Crippen molar-refractivity contribution in [3.8, 4) is 28.7 Å². The Balaban J connectivity index is 0.000000263. The molecule has 6 aromatic rings. The van der Waals surface area contributed by atoms with E-state index < -0.39 is 0 Å². The minimum atomic E-state index is 0. The van der Waals surface area contributed by atoms with Crippen LogP contribution in [0.1, 0.15) is 259 Å². The Labute approximate surface area is 595 Å². The van der Waals surface area contributed by atoms with E-state index in [2.05, 4.69) is 107 Å². The molecule has 6 fully saturated rings. The van der Waals surface area contributed by atoms with Gasteiger partial charge in [-0.2, -0.15) is 0 Å². The first kappa shape index (κ1) is 80.5. The Morgan fingerprint density at radius 3 is 0.763 bits per heavy atom. The zero-order chi connectivity index (χ0) is 63.7. The summed E-state index contributed by atoms with van der Waals surface area (Å²) >= 11 is 0. The van der Waals surface area contributed by atoms with E-state index in [-0.39, 0.29) is 62.7 Å². The van der Waals surface area contributed by atoms with Crippen molar-refractivity contribution in [3.05, 3.63) is 201 Å². The van der Waals surface area contributed by atoms with Crippen LogP contribution in [-0.2, 0) is 51.2 Å². The first-order chi connectivity index (χ1) is 44.0. The molecule has 6 nitrogen and oxygen atoms in total. The summed E-state index contributed by atoms with van der Waals surface area (Å²) in [5.41, 5.74) is 17.1. The fourth-order valence-electron chi connectivity index (χ4n) is 14.6. The largest absolute Gasteiger partial charge is 0.508 e. The van der Waals surface area contributed by atoms with E-state index in [1.54, 1.807) is 59.7 Å². The zero-order valence-electron chi connectivity index (χ0n) is 57.6. The van der Waals surface area contributed by atoms with Crippen LogP contribution in [0.3, 0.4) is 0 Å². The van der Waals surface area contributed by atoms with Gasteiger partial charge in [0.15, 0.2) is 0 Å². The fraction of sp³-hybridized carbons (Fsp3) is 0.500. The number of ether oxygens (including phenoxy) is 1. The number of rotatable bonds is 17. The van der Waals surface area contributed by atoms with Crippen LogP contribution in [0.2, 0.25) is 0 Å². The van der Waals surface area contributed by atoms with Gasteiger partial charge in [0.1, 0.15) is 28.7 Å². The maximum absolute atomic E-state index is 9.75. The third kappa shape index (κ3) is 27.2. The first-order valence-corrected chi connectivity index (χ1v) is 35.8. The number of aryl methyl sites for hydroxylation is 1. The molecule has 0 atom stereocenters. The molecule has 0 amide bonds. The second kappa shape index (κ2) is 45.5. The predicted molar refractivity (Wildman–Crippen MR) is 383 cm³/mol. The van der Waals surface area contributed by atoms with Crippen molar-refractivity contribution in [3.63, 3.8) is 0 Å². The van der Waals surface area contributed by atoms with Gasteiger partial charge in [-0.3, -0.25) is 0 Å². The number of nitrogens with zero attached hydrogens (tertiary/aromatic N) is 1. The van der Waals surface area contributed by atoms with E-state index in [0.29, 0.717) is 29.3 Å². The van der Waals surface area contributed by atoms with Crippen molar-refractivity contribution in [2.24, 2.45) is 17.8 Å². The van der Waals surface area contributed by atoms with Crippen molar-refractivity contribution in [1.82, 2.24) is 4.90 Å². The summed E-state index contributed by atoms with van der Waals surface area (Å²) < 4.78 is 5.92. The second-order valence-electron chi connectivity index (χ2n) is 26.6. The molecule has 12 rings (SSSR count). The standard InChI is InChI=1S/C26H35NO2.C22H26O.C21H24O2.3C5H10.3Fe/c1-4-25(20-8-5-6-9-20)26(21-10-14-23(28)15-11-21)22-12-16-24(17-13-22)29-19-7-18-27(2)3;1-3-21(17-6-4-5-7-17)22(18-10-8-16(2)9-11-18)19-12-14-20(23)15-13-19;1-2-20(15-5-3-4-6-15)21(16-7-11-18(22)12-8-16)17-9-13-19(23)14-10-17;3*1-2-4-5-3-1;;;/h10-17,20,28H,4-9,18-19H2,1-3H3;8-15,17,23H,3-7H2,1-2H3;7-15,22-23H,2-6H2,1H3;3*1-5H2;;;/b26-25-;22-21-;;;;;;;. The molecule has 4 N–H and O–H groups in total. The molecule has 0 aliphatic heterocycles. The van der Waals surface area contributed by atoms with Crippen LogP contribution in [0.15, 0.2) is 162 Å². The van der Waals surface area contributed by atoms with E-state index in [1.807, 2.05) is 36.4 Å². The van der Waals surface area contributed by atoms with E-state index in [1.165, 1.54) is 223 Å². The third-order valence-electron chi connectivity index (χ3n) is 19.5. The van der Waals surface area contributed by atoms with Crippen LogP contribution in [0.5, 0.6) is 28.7 Å². The molecule has 510 valence electrons. The number of hydrogen-bond acceptors (Lipinski definition) is 6. The zero-order valence-corrected chi connectivity index (χ0v) is 60.9. The average molecular weight is 1390 g/mol. The van der Waals surface area contributed by atoms with Gasteiger partial charge < -0.3 is 30.1 Å². The summed E-state index contributed by atoms with van der Waals surface area (Å²) in [6, 6.07) is 47.7. The number of phenolic OH excluding ortho intramolecular Hbond substituents is 4. The quantitative estimate of drug-likeness (QED) is 0.0537. The van der Waals surface area contributed by atoms with Gasteiger partial charge in [0, 0.05) is 57.8 Å². The van der Waals surface area contributed by atoms with Gasteiger partial charge in [0.2, 0.25) is 0 Å². The van der Waals surface area contributed by atoms with Gasteiger partial charge in [-0.25, -0.2) is 0 Å². The van der Waals surface area contributed by atoms with E-state index in [9.17, 15) is 20.4 Å². The molecule has 93 heavy (non-hydrogen) atoms. The van der Waals surface area contributed by atoms with Gasteiger partial charge >= 0.3 is 0 Å². The molecular formula is C84H115Fe3NO5. The summed E-state index contributed by atoms with van der Waals surface area (Å²) in [7, 11) is 4.17. The number of phenols is 4. The summed E-state index contributed by atoms with van der Waals surface area (Å²) in [6.07, 6.45) is 42.4. The smallest absolute Gasteiger partial charge is 0.119 e. The molecule has 6 aliphatic carbocycles. The van der Waals surface area contributed by atoms with Gasteiger partial charge in [-0.1, -0.05) is 263 Å². The van der Waals surface area contributed by atoms with Gasteiger partial charge in [0.05, 0.1) is 6.61 Å². The number of benzene rings is 6. The van der Waals surface area contributed by atoms with Crippen LogP contribution in [0, 0.1) is 24.7 Å². The molecule has 0 saturated heterocycles. The Bertz CT molecular complexity index is 2760.